The van der Waals surface area contributed by atoms with Gasteiger partial charge in [0.15, 0.2) is 5.82 Å². The van der Waals surface area contributed by atoms with E-state index < -0.39 is 0 Å². The summed E-state index contributed by atoms with van der Waals surface area (Å²) in [5.41, 5.74) is 1.30. The molecule has 0 spiro atoms. The maximum Gasteiger partial charge on any atom is 0.244 e. The van der Waals surface area contributed by atoms with Crippen molar-refractivity contribution in [3.05, 3.63) is 35.9 Å². The van der Waals surface area contributed by atoms with E-state index in [1.807, 2.05) is 17.0 Å². The monoisotopic (exact) mass is 422 g/mol. The number of aromatic nitrogens is 3. The smallest absolute Gasteiger partial charge is 0.244 e. The summed E-state index contributed by atoms with van der Waals surface area (Å²) in [5.74, 6) is 2.25. The van der Waals surface area contributed by atoms with Gasteiger partial charge in [0.1, 0.15) is 12.4 Å². The molecule has 2 N–H and O–H groups in total. The van der Waals surface area contributed by atoms with Gasteiger partial charge >= 0.3 is 0 Å². The number of benzene rings is 1. The molecule has 0 bridgehead atoms. The van der Waals surface area contributed by atoms with Crippen LogP contribution in [0.4, 0.5) is 11.4 Å². The summed E-state index contributed by atoms with van der Waals surface area (Å²) >= 11 is 0. The molecule has 1 saturated heterocycles. The summed E-state index contributed by atoms with van der Waals surface area (Å²) in [7, 11) is 0. The van der Waals surface area contributed by atoms with E-state index in [-0.39, 0.29) is 37.1 Å². The molecule has 0 atom stereocenters. The van der Waals surface area contributed by atoms with Crippen LogP contribution in [0.3, 0.4) is 0 Å². The predicted molar refractivity (Wildman–Crippen MR) is 114 cm³/mol. The first kappa shape index (κ1) is 19.7. The zero-order valence-corrected chi connectivity index (χ0v) is 17.3. The Morgan fingerprint density at radius 2 is 1.74 bits per heavy atom. The SMILES string of the molecule is O=C1CN(C(=O)CCC(=O)N2CCC(c3nc(C4CC4)n[nH]3)CC2)c2ccccc2N1. The number of rotatable bonds is 5. The minimum Gasteiger partial charge on any atom is -0.343 e. The number of piperidine rings is 1. The number of amides is 3. The number of hydrogen-bond acceptors (Lipinski definition) is 5. The van der Waals surface area contributed by atoms with E-state index in [2.05, 4.69) is 20.5 Å². The standard InChI is InChI=1S/C22H26N6O3/c29-18-13-28(17-4-2-1-3-16(17)23-18)20(31)8-7-19(30)27-11-9-15(10-12-27)22-24-21(25-26-22)14-5-6-14/h1-4,14-15H,5-13H2,(H,23,29)(H,24,25,26). The summed E-state index contributed by atoms with van der Waals surface area (Å²) in [6.45, 7) is 1.30. The third kappa shape index (κ3) is 4.17. The molecule has 1 aliphatic carbocycles. The number of carbonyl (C=O) groups excluding carboxylic acids is 3. The van der Waals surface area contributed by atoms with Gasteiger partial charge in [-0.2, -0.15) is 5.10 Å². The molecule has 1 aromatic carbocycles. The average Bonchev–Trinajstić information content (AvgIpc) is 3.53. The van der Waals surface area contributed by atoms with Crippen molar-refractivity contribution in [3.63, 3.8) is 0 Å². The summed E-state index contributed by atoms with van der Waals surface area (Å²) in [5, 5.41) is 10.2. The average molecular weight is 422 g/mol. The van der Waals surface area contributed by atoms with Crippen LogP contribution >= 0.6 is 0 Å². The van der Waals surface area contributed by atoms with Crippen LogP contribution in [-0.4, -0.2) is 57.4 Å². The van der Waals surface area contributed by atoms with Crippen molar-refractivity contribution < 1.29 is 14.4 Å². The molecular formula is C22H26N6O3. The summed E-state index contributed by atoms with van der Waals surface area (Å²) in [6.07, 6.45) is 4.29. The van der Waals surface area contributed by atoms with Gasteiger partial charge in [0.2, 0.25) is 17.7 Å². The molecule has 0 radical (unpaired) electrons. The molecule has 3 aliphatic rings. The van der Waals surface area contributed by atoms with Crippen molar-refractivity contribution in [2.45, 2.75) is 50.4 Å². The van der Waals surface area contributed by atoms with Crippen LogP contribution in [0.25, 0.3) is 0 Å². The highest BCUT2D eigenvalue weighted by Crippen LogP contribution is 2.38. The molecule has 1 aromatic heterocycles. The number of para-hydroxylation sites is 2. The molecule has 3 amide bonds. The minimum atomic E-state index is -0.224. The number of nitrogens with zero attached hydrogens (tertiary/aromatic N) is 4. The zero-order chi connectivity index (χ0) is 21.4. The molecular weight excluding hydrogens is 396 g/mol. The van der Waals surface area contributed by atoms with Gasteiger partial charge < -0.3 is 15.1 Å². The fraction of sp³-hybridized carbons (Fsp3) is 0.500. The second-order valence-corrected chi connectivity index (χ2v) is 8.55. The summed E-state index contributed by atoms with van der Waals surface area (Å²) in [6, 6.07) is 7.21. The highest BCUT2D eigenvalue weighted by Gasteiger charge is 2.31. The Kier molecular flexibility index (Phi) is 5.17. The fourth-order valence-electron chi connectivity index (χ4n) is 4.36. The van der Waals surface area contributed by atoms with Crippen LogP contribution in [0.15, 0.2) is 24.3 Å². The zero-order valence-electron chi connectivity index (χ0n) is 17.3. The molecule has 162 valence electrons. The van der Waals surface area contributed by atoms with E-state index in [1.54, 1.807) is 12.1 Å². The van der Waals surface area contributed by atoms with Gasteiger partial charge in [-0.15, -0.1) is 0 Å². The molecule has 1 saturated carbocycles. The maximum absolute atomic E-state index is 12.7. The lowest BCUT2D eigenvalue weighted by Crippen LogP contribution is -2.43. The Morgan fingerprint density at radius 3 is 2.52 bits per heavy atom. The van der Waals surface area contributed by atoms with E-state index in [1.165, 1.54) is 17.7 Å². The minimum absolute atomic E-state index is 0.0159. The van der Waals surface area contributed by atoms with Crippen LogP contribution in [0, 0.1) is 0 Å². The quantitative estimate of drug-likeness (QED) is 0.767. The molecule has 0 unspecified atom stereocenters. The Labute approximate surface area is 180 Å². The van der Waals surface area contributed by atoms with Crippen molar-refractivity contribution in [2.24, 2.45) is 0 Å². The predicted octanol–water partition coefficient (Wildman–Crippen LogP) is 2.15. The van der Waals surface area contributed by atoms with Crippen LogP contribution in [-0.2, 0) is 14.4 Å². The number of H-pyrrole nitrogens is 1. The third-order valence-electron chi connectivity index (χ3n) is 6.32. The van der Waals surface area contributed by atoms with E-state index in [4.69, 9.17) is 0 Å². The first-order valence-corrected chi connectivity index (χ1v) is 11.0. The highest BCUT2D eigenvalue weighted by atomic mass is 16.2. The molecule has 9 heteroatoms. The van der Waals surface area contributed by atoms with Gasteiger partial charge in [0.05, 0.1) is 11.4 Å². The molecule has 2 aromatic rings. The van der Waals surface area contributed by atoms with Crippen molar-refractivity contribution in [3.8, 4) is 0 Å². The number of likely N-dealkylation sites (tertiary alicyclic amines) is 1. The molecule has 9 nitrogen and oxygen atoms in total. The fourth-order valence-corrected chi connectivity index (χ4v) is 4.36. The second kappa shape index (κ2) is 8.13. The van der Waals surface area contributed by atoms with E-state index in [0.29, 0.717) is 36.3 Å². The maximum atomic E-state index is 12.7. The van der Waals surface area contributed by atoms with Gasteiger partial charge in [-0.05, 0) is 37.8 Å². The van der Waals surface area contributed by atoms with Crippen LogP contribution in [0.2, 0.25) is 0 Å². The molecule has 5 rings (SSSR count). The van der Waals surface area contributed by atoms with Gasteiger partial charge in [0.25, 0.3) is 0 Å². The van der Waals surface area contributed by atoms with Gasteiger partial charge in [-0.1, -0.05) is 12.1 Å². The second-order valence-electron chi connectivity index (χ2n) is 8.55. The lowest BCUT2D eigenvalue weighted by molar-refractivity contribution is -0.134. The van der Waals surface area contributed by atoms with Gasteiger partial charge in [0, 0.05) is 37.8 Å². The largest absolute Gasteiger partial charge is 0.343 e. The van der Waals surface area contributed by atoms with Gasteiger partial charge in [-0.3, -0.25) is 19.5 Å². The van der Waals surface area contributed by atoms with Gasteiger partial charge in [-0.25, -0.2) is 4.98 Å². The van der Waals surface area contributed by atoms with E-state index in [0.717, 1.165) is 24.5 Å². The highest BCUT2D eigenvalue weighted by molar-refractivity contribution is 6.10. The van der Waals surface area contributed by atoms with E-state index >= 15 is 0 Å². The number of hydrogen-bond donors (Lipinski definition) is 2. The van der Waals surface area contributed by atoms with Crippen molar-refractivity contribution in [2.75, 3.05) is 29.9 Å². The number of carbonyl (C=O) groups is 3. The molecule has 31 heavy (non-hydrogen) atoms. The lowest BCUT2D eigenvalue weighted by Gasteiger charge is -2.32. The Hall–Kier alpha value is -3.23. The van der Waals surface area contributed by atoms with Crippen LogP contribution in [0.1, 0.15) is 62.0 Å². The Bertz CT molecular complexity index is 1010. The first-order chi connectivity index (χ1) is 15.1. The third-order valence-corrected chi connectivity index (χ3v) is 6.32. The van der Waals surface area contributed by atoms with Crippen molar-refractivity contribution >= 4 is 29.1 Å². The Morgan fingerprint density at radius 1 is 1.00 bits per heavy atom. The normalized spacial score (nSPS) is 19.2. The van der Waals surface area contributed by atoms with E-state index in [9.17, 15) is 14.4 Å². The van der Waals surface area contributed by atoms with Crippen molar-refractivity contribution in [1.29, 1.82) is 0 Å². The topological polar surface area (TPSA) is 111 Å². The van der Waals surface area contributed by atoms with Crippen LogP contribution < -0.4 is 10.2 Å². The number of nitrogens with one attached hydrogen (secondary N) is 2. The summed E-state index contributed by atoms with van der Waals surface area (Å²) in [4.78, 5) is 45.3. The van der Waals surface area contributed by atoms with Crippen LogP contribution in [0.5, 0.6) is 0 Å². The van der Waals surface area contributed by atoms with Crippen molar-refractivity contribution in [1.82, 2.24) is 20.1 Å². The molecule has 2 fully saturated rings. The Balaban J connectivity index is 1.13. The number of aromatic amines is 1. The number of fused-ring (bicyclic) bond motifs is 1. The number of anilines is 2. The first-order valence-electron chi connectivity index (χ1n) is 11.0. The molecule has 2 aliphatic heterocycles. The molecule has 3 heterocycles. The summed E-state index contributed by atoms with van der Waals surface area (Å²) < 4.78 is 0. The lowest BCUT2D eigenvalue weighted by atomic mass is 9.96.